The number of hydrogen-bond donors (Lipinski definition) is 0. The normalized spacial score (nSPS) is 15.8. The van der Waals surface area contributed by atoms with E-state index in [1.54, 1.807) is 52.8 Å². The second-order valence-electron chi connectivity index (χ2n) is 8.87. The number of sulfonamides is 1. The van der Waals surface area contributed by atoms with E-state index in [0.29, 0.717) is 34.9 Å². The molecule has 0 unspecified atom stereocenters. The number of hydrogen-bond acceptors (Lipinski definition) is 5. The van der Waals surface area contributed by atoms with Gasteiger partial charge in [-0.2, -0.15) is 4.31 Å². The van der Waals surface area contributed by atoms with Crippen molar-refractivity contribution in [1.29, 1.82) is 0 Å². The topological polar surface area (TPSA) is 70.6 Å². The van der Waals surface area contributed by atoms with Gasteiger partial charge in [0.2, 0.25) is 15.9 Å². The Morgan fingerprint density at radius 2 is 1.95 bits per heavy atom. The molecule has 3 heterocycles. The van der Waals surface area contributed by atoms with Crippen LogP contribution in [0, 0.1) is 0 Å². The minimum absolute atomic E-state index is 0.0999. The lowest BCUT2D eigenvalue weighted by molar-refractivity contribution is -0.133. The Balaban J connectivity index is 1.51. The third-order valence-corrected chi connectivity index (χ3v) is 9.98. The van der Waals surface area contributed by atoms with Crippen LogP contribution in [0.4, 0.5) is 0 Å². The third kappa shape index (κ3) is 5.01. The molecule has 5 rings (SSSR count). The van der Waals surface area contributed by atoms with Crippen LogP contribution in [0.25, 0.3) is 10.9 Å². The minimum Gasteiger partial charge on any atom is -0.330 e. The molecule has 0 bridgehead atoms. The Bertz CT molecular complexity index is 1570. The summed E-state index contributed by atoms with van der Waals surface area (Å²) in [5.74, 6) is -0.280. The number of pyridine rings is 1. The van der Waals surface area contributed by atoms with E-state index in [0.717, 1.165) is 16.5 Å². The fourth-order valence-electron chi connectivity index (χ4n) is 4.84. The number of nitrogens with zero attached hydrogens (tertiary/aromatic N) is 3. The van der Waals surface area contributed by atoms with Crippen LogP contribution in [-0.2, 0) is 21.2 Å². The molecule has 1 amide bonds. The summed E-state index contributed by atoms with van der Waals surface area (Å²) >= 11 is 14.4. The first-order chi connectivity index (χ1) is 17.8. The van der Waals surface area contributed by atoms with Crippen LogP contribution in [0.5, 0.6) is 0 Å². The van der Waals surface area contributed by atoms with Crippen molar-refractivity contribution in [1.82, 2.24) is 14.2 Å². The summed E-state index contributed by atoms with van der Waals surface area (Å²) in [6, 6.07) is 15.5. The van der Waals surface area contributed by atoms with Crippen molar-refractivity contribution in [3.05, 3.63) is 92.2 Å². The zero-order valence-electron chi connectivity index (χ0n) is 20.1. The lowest BCUT2D eigenvalue weighted by Gasteiger charge is -2.37. The van der Waals surface area contributed by atoms with Gasteiger partial charge in [-0.1, -0.05) is 54.4 Å². The van der Waals surface area contributed by atoms with E-state index >= 15 is 0 Å². The second kappa shape index (κ2) is 10.7. The summed E-state index contributed by atoms with van der Waals surface area (Å²) in [6.07, 6.45) is 2.84. The van der Waals surface area contributed by atoms with Crippen molar-refractivity contribution >= 4 is 61.4 Å². The van der Waals surface area contributed by atoms with E-state index in [2.05, 4.69) is 4.98 Å². The molecule has 1 atom stereocenters. The van der Waals surface area contributed by atoms with Crippen LogP contribution in [0.3, 0.4) is 0 Å². The van der Waals surface area contributed by atoms with Crippen LogP contribution in [0.2, 0.25) is 10.0 Å². The highest BCUT2D eigenvalue weighted by atomic mass is 35.5. The second-order valence-corrected chi connectivity index (χ2v) is 12.6. The number of carbonyl (C=O) groups excluding carboxylic acids is 1. The molecule has 0 N–H and O–H groups in total. The first kappa shape index (κ1) is 26.1. The molecule has 6 nitrogen and oxygen atoms in total. The van der Waals surface area contributed by atoms with Crippen molar-refractivity contribution in [3.63, 3.8) is 0 Å². The van der Waals surface area contributed by atoms with Gasteiger partial charge in [-0.15, -0.1) is 11.3 Å². The minimum atomic E-state index is -3.99. The summed E-state index contributed by atoms with van der Waals surface area (Å²) in [7, 11) is -3.99. The molecule has 0 radical (unpaired) electrons. The monoisotopic (exact) mass is 573 g/mol. The van der Waals surface area contributed by atoms with Gasteiger partial charge in [0.15, 0.2) is 0 Å². The molecule has 0 spiro atoms. The molecule has 4 aromatic rings. The highest BCUT2D eigenvalue weighted by Gasteiger charge is 2.36. The Hall–Kier alpha value is -2.49. The van der Waals surface area contributed by atoms with E-state index < -0.39 is 16.1 Å². The van der Waals surface area contributed by atoms with E-state index in [1.165, 1.54) is 9.18 Å². The predicted octanol–water partition coefficient (Wildman–Crippen LogP) is 6.18. The number of halogens is 2. The molecule has 2 aromatic carbocycles. The maximum Gasteiger partial charge on any atom is 0.245 e. The largest absolute Gasteiger partial charge is 0.330 e. The van der Waals surface area contributed by atoms with E-state index in [4.69, 9.17) is 23.2 Å². The molecular weight excluding hydrogens is 549 g/mol. The van der Waals surface area contributed by atoms with Crippen LogP contribution < -0.4 is 0 Å². The Kier molecular flexibility index (Phi) is 7.56. The fraction of sp³-hybridized carbons (Fsp3) is 0.259. The number of aromatic nitrogens is 1. The van der Waals surface area contributed by atoms with Gasteiger partial charge in [0.1, 0.15) is 4.90 Å². The third-order valence-electron chi connectivity index (χ3n) is 6.54. The fourth-order valence-corrected chi connectivity index (χ4v) is 7.91. The number of amides is 1. The molecule has 0 fully saturated rings. The number of rotatable bonds is 7. The van der Waals surface area contributed by atoms with E-state index in [-0.39, 0.29) is 23.9 Å². The van der Waals surface area contributed by atoms with Gasteiger partial charge in [0.25, 0.3) is 0 Å². The molecule has 10 heteroatoms. The highest BCUT2D eigenvalue weighted by Crippen LogP contribution is 2.41. The zero-order chi connectivity index (χ0) is 26.2. The SMILES string of the molecule is CCCN(CC(=O)N1CCc2sccc2[C@H]1c1ccc(Cl)cc1Cl)S(=O)(=O)c1cccc2cccnc12. The summed E-state index contributed by atoms with van der Waals surface area (Å²) in [5.41, 5.74) is 2.17. The molecule has 2 aromatic heterocycles. The molecule has 0 aliphatic carbocycles. The predicted molar refractivity (Wildman–Crippen MR) is 149 cm³/mol. The van der Waals surface area contributed by atoms with Gasteiger partial charge in [-0.05, 0) is 59.7 Å². The molecule has 0 saturated heterocycles. The number of para-hydroxylation sites is 1. The molecule has 37 heavy (non-hydrogen) atoms. The molecule has 192 valence electrons. The maximum absolute atomic E-state index is 13.9. The van der Waals surface area contributed by atoms with Crippen LogP contribution in [0.15, 0.2) is 71.1 Å². The summed E-state index contributed by atoms with van der Waals surface area (Å²) in [4.78, 5) is 21.2. The molecule has 0 saturated carbocycles. The smallest absolute Gasteiger partial charge is 0.245 e. The number of carbonyl (C=O) groups is 1. The maximum atomic E-state index is 13.9. The summed E-state index contributed by atoms with van der Waals surface area (Å²) < 4.78 is 28.9. The zero-order valence-corrected chi connectivity index (χ0v) is 23.2. The average Bonchev–Trinajstić information content (AvgIpc) is 3.37. The average molecular weight is 575 g/mol. The van der Waals surface area contributed by atoms with Gasteiger partial charge in [0, 0.05) is 39.6 Å². The highest BCUT2D eigenvalue weighted by molar-refractivity contribution is 7.89. The van der Waals surface area contributed by atoms with Gasteiger partial charge in [0.05, 0.1) is 18.1 Å². The van der Waals surface area contributed by atoms with Gasteiger partial charge >= 0.3 is 0 Å². The van der Waals surface area contributed by atoms with Crippen LogP contribution in [-0.4, -0.2) is 48.1 Å². The van der Waals surface area contributed by atoms with Crippen LogP contribution >= 0.6 is 34.5 Å². The number of benzene rings is 2. The first-order valence-electron chi connectivity index (χ1n) is 12.0. The van der Waals surface area contributed by atoms with Crippen molar-refractivity contribution in [3.8, 4) is 0 Å². The van der Waals surface area contributed by atoms with Crippen LogP contribution in [0.1, 0.15) is 35.4 Å². The Morgan fingerprint density at radius 1 is 1.14 bits per heavy atom. The Labute approximate surface area is 230 Å². The Morgan fingerprint density at radius 3 is 2.73 bits per heavy atom. The van der Waals surface area contributed by atoms with Gasteiger partial charge in [-0.3, -0.25) is 9.78 Å². The van der Waals surface area contributed by atoms with Crippen molar-refractivity contribution in [2.75, 3.05) is 19.6 Å². The standard InChI is InChI=1S/C27H25Cl2N3O3S2/c1-2-13-31(37(34,35)24-7-3-5-18-6-4-12-30-26(18)24)17-25(33)32-14-10-23-21(11-15-36-23)27(32)20-9-8-19(28)16-22(20)29/h3-9,11-12,15-16,27H,2,10,13-14,17H2,1H3/t27-/m1/s1. The lowest BCUT2D eigenvalue weighted by Crippen LogP contribution is -2.47. The molecule has 1 aliphatic rings. The first-order valence-corrected chi connectivity index (χ1v) is 15.0. The molecular formula is C27H25Cl2N3O3S2. The number of thiophene rings is 1. The lowest BCUT2D eigenvalue weighted by atomic mass is 9.93. The molecule has 1 aliphatic heterocycles. The van der Waals surface area contributed by atoms with E-state index in [1.807, 2.05) is 36.6 Å². The van der Waals surface area contributed by atoms with Crippen molar-refractivity contribution in [2.24, 2.45) is 0 Å². The number of fused-ring (bicyclic) bond motifs is 2. The van der Waals surface area contributed by atoms with Gasteiger partial charge in [-0.25, -0.2) is 8.42 Å². The van der Waals surface area contributed by atoms with Gasteiger partial charge < -0.3 is 4.90 Å². The summed E-state index contributed by atoms with van der Waals surface area (Å²) in [6.45, 7) is 2.29. The van der Waals surface area contributed by atoms with Crippen molar-refractivity contribution in [2.45, 2.75) is 30.7 Å². The van der Waals surface area contributed by atoms with Crippen molar-refractivity contribution < 1.29 is 13.2 Å². The summed E-state index contributed by atoms with van der Waals surface area (Å²) in [5, 5.41) is 3.72. The quantitative estimate of drug-likeness (QED) is 0.265. The van der Waals surface area contributed by atoms with E-state index in [9.17, 15) is 13.2 Å².